The summed E-state index contributed by atoms with van der Waals surface area (Å²) in [5.41, 5.74) is 5.00. The first kappa shape index (κ1) is 95.1. The summed E-state index contributed by atoms with van der Waals surface area (Å²) in [5, 5.41) is 37.7. The van der Waals surface area contributed by atoms with Gasteiger partial charge in [0.15, 0.2) is 46.4 Å². The SMILES string of the molecule is COc1ccccc1-c1nc2n(n1)CCC(CC(=O)c1c(-c3nc(C(F)F)cs3)cnn1C)C2.Cc1sc(-c2cnn(C)c2C(=O)CC2CCn3nc(-c4ccc(F)cc4)nc3C2)nc1C(F)F.Cn1ncc(-c2nc(C(F)F)c(C3CC3)s2)c1C(=O)CC1CCn2nc(-c3ccc(F)cc3)nc2C1.Cn1ncc(-c2nc(C(F)F)c(Cl)s2)c1C(=O)CC1CCn2nc(-c3cccc(F)c3)nc2C1. The van der Waals surface area contributed by atoms with Gasteiger partial charge in [0.25, 0.3) is 25.7 Å². The third kappa shape index (κ3) is 20.5. The van der Waals surface area contributed by atoms with Crippen molar-refractivity contribution in [1.29, 1.82) is 0 Å². The highest BCUT2D eigenvalue weighted by Gasteiger charge is 2.38. The number of hydrogen-bond donors (Lipinski definition) is 0. The molecule has 1 aliphatic carbocycles. The van der Waals surface area contributed by atoms with Crippen molar-refractivity contribution in [3.05, 3.63) is 228 Å². The van der Waals surface area contributed by atoms with Crippen LogP contribution >= 0.6 is 56.9 Å². The minimum absolute atomic E-state index is 0.0174. The van der Waals surface area contributed by atoms with Crippen molar-refractivity contribution in [2.75, 3.05) is 7.11 Å². The number of ether oxygens (including phenoxy) is 1. The maximum absolute atomic E-state index is 13.6. The van der Waals surface area contributed by atoms with E-state index in [2.05, 4.69) is 75.7 Å². The molecule has 4 aromatic carbocycles. The minimum Gasteiger partial charge on any atom is -0.496 e. The molecule has 0 N–H and O–H groups in total. The molecule has 1 saturated carbocycles. The van der Waals surface area contributed by atoms with Crippen LogP contribution < -0.4 is 4.74 Å². The number of carbonyl (C=O) groups is 4. The van der Waals surface area contributed by atoms with Crippen LogP contribution in [0.25, 0.3) is 87.8 Å². The van der Waals surface area contributed by atoms with Crippen LogP contribution in [-0.4, -0.2) is 148 Å². The third-order valence-corrected chi connectivity index (χ3v) is 29.1. The molecule has 0 bridgehead atoms. The van der Waals surface area contributed by atoms with Gasteiger partial charge in [-0.25, -0.2) is 107 Å². The summed E-state index contributed by atoms with van der Waals surface area (Å²) >= 11 is 10.3. The van der Waals surface area contributed by atoms with E-state index in [0.717, 1.165) is 113 Å². The summed E-state index contributed by atoms with van der Waals surface area (Å²) in [6.45, 7) is 4.11. The molecule has 12 aromatic heterocycles. The van der Waals surface area contributed by atoms with Crippen molar-refractivity contribution >= 4 is 80.1 Å². The Bertz CT molecular complexity index is 7180. The largest absolute Gasteiger partial charge is 0.496 e. The van der Waals surface area contributed by atoms with E-state index in [-0.39, 0.29) is 116 Å². The molecule has 16 aromatic rings. The zero-order valence-corrected chi connectivity index (χ0v) is 78.5. The number of halogens is 12. The van der Waals surface area contributed by atoms with Crippen LogP contribution in [0.15, 0.2) is 127 Å². The molecule has 138 heavy (non-hydrogen) atoms. The predicted molar refractivity (Wildman–Crippen MR) is 490 cm³/mol. The van der Waals surface area contributed by atoms with Gasteiger partial charge in [-0.1, -0.05) is 35.9 Å². The fourth-order valence-electron chi connectivity index (χ4n) is 17.5. The number of thiazole rings is 4. The molecule has 714 valence electrons. The molecule has 5 aliphatic rings. The number of benzene rings is 4. The first-order valence-electron chi connectivity index (χ1n) is 44.0. The number of aryl methyl sites for hydroxylation is 9. The van der Waals surface area contributed by atoms with Gasteiger partial charge >= 0.3 is 0 Å². The quantitative estimate of drug-likeness (QED) is 0.0359. The topological polar surface area (TPSA) is 323 Å². The van der Waals surface area contributed by atoms with E-state index >= 15 is 0 Å². The predicted octanol–water partition coefficient (Wildman–Crippen LogP) is 20.6. The number of ketones is 4. The van der Waals surface area contributed by atoms with Gasteiger partial charge in [-0.15, -0.1) is 45.3 Å². The number of methoxy groups -OCH3 is 1. The van der Waals surface area contributed by atoms with Crippen molar-refractivity contribution in [1.82, 2.24) is 118 Å². The highest BCUT2D eigenvalue weighted by molar-refractivity contribution is 7.19. The van der Waals surface area contributed by atoms with Crippen molar-refractivity contribution in [3.63, 3.8) is 0 Å². The van der Waals surface area contributed by atoms with Crippen molar-refractivity contribution in [2.24, 2.45) is 51.9 Å². The molecule has 4 aliphatic heterocycles. The fourth-order valence-corrected chi connectivity index (χ4v) is 21.7. The smallest absolute Gasteiger partial charge is 0.282 e. The van der Waals surface area contributed by atoms with Gasteiger partial charge in [0.2, 0.25) is 0 Å². The van der Waals surface area contributed by atoms with Crippen LogP contribution in [0.1, 0.15) is 194 Å². The molecule has 1 fully saturated rings. The van der Waals surface area contributed by atoms with Gasteiger partial charge in [-0.2, -0.15) is 40.8 Å². The highest BCUT2D eigenvalue weighted by Crippen LogP contribution is 2.50. The minimum atomic E-state index is -2.80. The summed E-state index contributed by atoms with van der Waals surface area (Å²) in [5.74, 6) is 4.89. The maximum atomic E-state index is 13.6. The molecule has 29 nitrogen and oxygen atoms in total. The van der Waals surface area contributed by atoms with Crippen LogP contribution in [-0.2, 0) is 80.1 Å². The molecule has 0 spiro atoms. The van der Waals surface area contributed by atoms with E-state index in [1.807, 2.05) is 38.3 Å². The molecule has 0 amide bonds. The van der Waals surface area contributed by atoms with Crippen molar-refractivity contribution < 1.29 is 72.2 Å². The molecular weight excluding hydrogens is 1910 g/mol. The molecule has 0 saturated heterocycles. The fraction of sp³-hybridized carbons (Fsp3) is 0.355. The van der Waals surface area contributed by atoms with Crippen LogP contribution in [0.5, 0.6) is 5.75 Å². The molecule has 45 heteroatoms. The normalized spacial score (nSPS) is 16.1. The Hall–Kier alpha value is -13.2. The lowest BCUT2D eigenvalue weighted by Crippen LogP contribution is -2.23. The molecule has 16 heterocycles. The van der Waals surface area contributed by atoms with E-state index in [0.29, 0.717) is 163 Å². The van der Waals surface area contributed by atoms with Crippen molar-refractivity contribution in [3.8, 4) is 93.6 Å². The Kier molecular flexibility index (Phi) is 27.9. The number of fused-ring (bicyclic) bond motifs is 4. The molecule has 4 unspecified atom stereocenters. The summed E-state index contributed by atoms with van der Waals surface area (Å²) < 4.78 is 164. The number of alkyl halides is 8. The molecule has 4 atom stereocenters. The second-order valence-electron chi connectivity index (χ2n) is 34.1. The van der Waals surface area contributed by atoms with Gasteiger partial charge in [-0.05, 0) is 148 Å². The van der Waals surface area contributed by atoms with Gasteiger partial charge in [0.05, 0.1) is 59.7 Å². The Morgan fingerprint density at radius 2 is 0.790 bits per heavy atom. The summed E-state index contributed by atoms with van der Waals surface area (Å²) in [6.07, 6.45) is 3.49. The van der Waals surface area contributed by atoms with E-state index in [9.17, 15) is 67.5 Å². The second kappa shape index (κ2) is 40.5. The number of para-hydroxylation sites is 1. The van der Waals surface area contributed by atoms with E-state index in [1.165, 1.54) is 90.4 Å². The molecule has 0 radical (unpaired) electrons. The van der Waals surface area contributed by atoms with Crippen LogP contribution in [0, 0.1) is 48.0 Å². The lowest BCUT2D eigenvalue weighted by atomic mass is 9.91. The lowest BCUT2D eigenvalue weighted by Gasteiger charge is -2.21. The average Bonchev–Trinajstić information content (AvgIpc) is 1.62. The third-order valence-electron chi connectivity index (χ3n) is 24.6. The van der Waals surface area contributed by atoms with Crippen molar-refractivity contribution in [2.45, 2.75) is 155 Å². The monoisotopic (exact) mass is 1990 g/mol. The van der Waals surface area contributed by atoms with E-state index in [1.54, 1.807) is 89.5 Å². The zero-order chi connectivity index (χ0) is 96.8. The number of carbonyl (C=O) groups excluding carboxylic acids is 4. The number of Topliss-reactive ketones (excluding diaryl/α,β-unsaturated/α-hetero) is 4. The standard InChI is InChI=1S/C25H23F3N6OS.C23H21F3N6OS.C23H22F2N6O2S.C22H18ClF3N6OS/c1-33-21(17(12-29-33)25-31-20(23(27)28)22(36-25)14-2-3-14)18(35)10-13-8-9-34-19(11-13)30-24(32-34)15-4-6-16(26)7-5-15;1-12-19(21(25)26)29-23(34-12)16-11-27-31(2)20(16)17(33)9-13-7-8-32-18(10-13)28-22(30-32)14-3-5-15(24)6-4-14;1-30-20(15(11-26-30)23-27-16(12-34-23)21(24)25)17(32)9-13-7-8-31-19(10-13)28-22(29-31)14-5-3-4-6-18(14)33-2;1-31-18(14(10-27-31)22-29-17(20(25)26)19(23)34-22)15(33)7-11-5-6-32-16(8-11)28-21(30-32)12-3-2-4-13(24)9-12/h4-7,12-14,23H,2-3,8-11H2,1H3;3-6,11,13,21H,7-10H2,1-2H3;3-6,11-13,21H,7-10H2,1-2H3;2-4,9-11,20H,5-8H2,1H3. The first-order chi connectivity index (χ1) is 66.4. The lowest BCUT2D eigenvalue weighted by molar-refractivity contribution is 0.0935. The second-order valence-corrected chi connectivity index (χ2v) is 38.7. The highest BCUT2D eigenvalue weighted by atomic mass is 35.5. The van der Waals surface area contributed by atoms with Gasteiger partial charge in [-0.3, -0.25) is 37.9 Å². The summed E-state index contributed by atoms with van der Waals surface area (Å²) in [7, 11) is 8.27. The Morgan fingerprint density at radius 3 is 1.18 bits per heavy atom. The number of nitrogens with zero attached hydrogens (tertiary/aromatic N) is 24. The van der Waals surface area contributed by atoms with Gasteiger partial charge in [0.1, 0.15) is 116 Å². The van der Waals surface area contributed by atoms with Crippen LogP contribution in [0.3, 0.4) is 0 Å². The van der Waals surface area contributed by atoms with E-state index < -0.39 is 31.4 Å². The van der Waals surface area contributed by atoms with Crippen LogP contribution in [0.2, 0.25) is 4.34 Å². The molecule has 21 rings (SSSR count). The maximum Gasteiger partial charge on any atom is 0.282 e. The van der Waals surface area contributed by atoms with Crippen LogP contribution in [0.4, 0.5) is 48.3 Å². The summed E-state index contributed by atoms with van der Waals surface area (Å²) in [4.78, 5) is 89.0. The summed E-state index contributed by atoms with van der Waals surface area (Å²) in [6, 6.07) is 25.8. The average molecular weight is 1990 g/mol. The van der Waals surface area contributed by atoms with E-state index in [4.69, 9.17) is 21.3 Å². The Labute approximate surface area is 800 Å². The van der Waals surface area contributed by atoms with Gasteiger partial charge < -0.3 is 4.74 Å². The first-order valence-corrected chi connectivity index (χ1v) is 47.7. The number of rotatable bonds is 26. The zero-order valence-electron chi connectivity index (χ0n) is 74.5. The number of aromatic nitrogens is 24. The Morgan fingerprint density at radius 1 is 0.406 bits per heavy atom. The molecular formula is C93H84ClF11N24O5S4. The van der Waals surface area contributed by atoms with Gasteiger partial charge in [0, 0.05) is 138 Å². The Balaban J connectivity index is 0.000000122. The number of hydrogen-bond acceptors (Lipinski definition) is 25.